The van der Waals surface area contributed by atoms with Gasteiger partial charge in [0.05, 0.1) is 12.6 Å². The zero-order chi connectivity index (χ0) is 18.4. The number of benzene rings is 1. The molecule has 1 heterocycles. The maximum Gasteiger partial charge on any atom is 0.317 e. The molecular weight excluding hydrogens is 374 g/mol. The fourth-order valence-electron chi connectivity index (χ4n) is 3.17. The number of nitrogens with one attached hydrogen (secondary N) is 1. The summed E-state index contributed by atoms with van der Waals surface area (Å²) in [5.41, 5.74) is 0.819. The number of likely N-dealkylation sites (tertiary alicyclic amines) is 1. The highest BCUT2D eigenvalue weighted by atomic mass is 35.5. The number of carbonyl (C=O) groups excluding carboxylic acids is 1. The molecule has 2 rings (SSSR count). The van der Waals surface area contributed by atoms with Crippen LogP contribution < -0.4 is 5.32 Å². The van der Waals surface area contributed by atoms with E-state index in [0.29, 0.717) is 0 Å². The van der Waals surface area contributed by atoms with Crippen LogP contribution in [-0.2, 0) is 9.59 Å². The van der Waals surface area contributed by atoms with Gasteiger partial charge in [-0.2, -0.15) is 0 Å². The maximum absolute atomic E-state index is 12.5. The average Bonchev–Trinajstić information content (AvgIpc) is 2.60. The van der Waals surface area contributed by atoms with Gasteiger partial charge in [-0.1, -0.05) is 6.07 Å². The van der Waals surface area contributed by atoms with E-state index in [0.717, 1.165) is 36.5 Å². The van der Waals surface area contributed by atoms with Gasteiger partial charge in [0.2, 0.25) is 5.91 Å². The third-order valence-corrected chi connectivity index (χ3v) is 5.50. The van der Waals surface area contributed by atoms with Crippen molar-refractivity contribution in [1.29, 1.82) is 0 Å². The van der Waals surface area contributed by atoms with Gasteiger partial charge in [0, 0.05) is 29.7 Å². The largest absolute Gasteiger partial charge is 0.480 e. The fourth-order valence-corrected chi connectivity index (χ4v) is 3.63. The molecule has 1 aliphatic rings. The molecule has 8 heteroatoms. The predicted octanol–water partition coefficient (Wildman–Crippen LogP) is 2.64. The van der Waals surface area contributed by atoms with E-state index < -0.39 is 5.97 Å². The quantitative estimate of drug-likeness (QED) is 0.684. The maximum atomic E-state index is 12.5. The summed E-state index contributed by atoms with van der Waals surface area (Å²) in [6, 6.07) is 7.89. The Morgan fingerprint density at radius 1 is 1.38 bits per heavy atom. The molecule has 0 saturated carbocycles. The molecule has 26 heavy (non-hydrogen) atoms. The van der Waals surface area contributed by atoms with Crippen molar-refractivity contribution in [1.82, 2.24) is 9.80 Å². The number of nitrogens with zero attached hydrogens (tertiary/aromatic N) is 2. The van der Waals surface area contributed by atoms with Crippen LogP contribution in [0.2, 0.25) is 0 Å². The van der Waals surface area contributed by atoms with E-state index in [1.165, 1.54) is 0 Å². The first kappa shape index (κ1) is 22.8. The molecule has 1 atom stereocenters. The molecule has 1 fully saturated rings. The van der Waals surface area contributed by atoms with Crippen molar-refractivity contribution in [3.05, 3.63) is 24.3 Å². The zero-order valence-electron chi connectivity index (χ0n) is 15.5. The van der Waals surface area contributed by atoms with Crippen LogP contribution in [0.5, 0.6) is 0 Å². The Morgan fingerprint density at radius 3 is 2.62 bits per heavy atom. The summed E-state index contributed by atoms with van der Waals surface area (Å²) >= 11 is 1.65. The van der Waals surface area contributed by atoms with Crippen molar-refractivity contribution in [3.8, 4) is 0 Å². The number of anilines is 1. The first-order valence-electron chi connectivity index (χ1n) is 8.51. The molecule has 0 spiro atoms. The number of amides is 1. The van der Waals surface area contributed by atoms with E-state index in [4.69, 9.17) is 5.11 Å². The molecule has 1 aliphatic heterocycles. The molecule has 0 aromatic heterocycles. The van der Waals surface area contributed by atoms with Crippen molar-refractivity contribution in [2.45, 2.75) is 36.7 Å². The van der Waals surface area contributed by atoms with Crippen molar-refractivity contribution in [2.75, 3.05) is 38.3 Å². The van der Waals surface area contributed by atoms with E-state index in [1.54, 1.807) is 11.8 Å². The number of carbonyl (C=O) groups is 2. The van der Waals surface area contributed by atoms with E-state index in [2.05, 4.69) is 10.2 Å². The molecule has 0 aliphatic carbocycles. The second kappa shape index (κ2) is 10.8. The third kappa shape index (κ3) is 6.46. The highest BCUT2D eigenvalue weighted by Gasteiger charge is 2.28. The van der Waals surface area contributed by atoms with E-state index in [1.807, 2.05) is 49.4 Å². The normalized spacial score (nSPS) is 16.8. The first-order valence-corrected chi connectivity index (χ1v) is 9.74. The zero-order valence-corrected chi connectivity index (χ0v) is 17.1. The highest BCUT2D eigenvalue weighted by molar-refractivity contribution is 7.98. The fraction of sp³-hybridized carbons (Fsp3) is 0.556. The van der Waals surface area contributed by atoms with Crippen molar-refractivity contribution >= 4 is 41.7 Å². The lowest BCUT2D eigenvalue weighted by Crippen LogP contribution is -2.50. The Balaban J connectivity index is 0.00000338. The third-order valence-electron chi connectivity index (χ3n) is 4.77. The summed E-state index contributed by atoms with van der Waals surface area (Å²) in [4.78, 5) is 28.5. The van der Waals surface area contributed by atoms with Gasteiger partial charge in [0.1, 0.15) is 0 Å². The van der Waals surface area contributed by atoms with Gasteiger partial charge in [-0.05, 0) is 51.3 Å². The monoisotopic (exact) mass is 401 g/mol. The molecule has 0 bridgehead atoms. The molecule has 0 radical (unpaired) electrons. The van der Waals surface area contributed by atoms with Gasteiger partial charge in [-0.25, -0.2) is 0 Å². The summed E-state index contributed by atoms with van der Waals surface area (Å²) in [5.74, 6) is -0.805. The van der Waals surface area contributed by atoms with Crippen LogP contribution in [0.15, 0.2) is 29.2 Å². The summed E-state index contributed by atoms with van der Waals surface area (Å²) in [6.45, 7) is 3.59. The summed E-state index contributed by atoms with van der Waals surface area (Å²) in [6.07, 6.45) is 3.77. The number of piperidine rings is 1. The van der Waals surface area contributed by atoms with Gasteiger partial charge in [0.15, 0.2) is 0 Å². The van der Waals surface area contributed by atoms with Crippen molar-refractivity contribution < 1.29 is 14.7 Å². The SMILES string of the molecule is CSc1cccc(NC(=O)C(C)N2CCC(N(C)CC(=O)O)CC2)c1.Cl. The van der Waals surface area contributed by atoms with Crippen LogP contribution in [0, 0.1) is 0 Å². The number of hydrogen-bond acceptors (Lipinski definition) is 5. The number of halogens is 1. The molecule has 6 nitrogen and oxygen atoms in total. The number of aliphatic carboxylic acids is 1. The predicted molar refractivity (Wildman–Crippen MR) is 108 cm³/mol. The Labute approximate surface area is 165 Å². The molecule has 146 valence electrons. The van der Waals surface area contributed by atoms with Crippen molar-refractivity contribution in [3.63, 3.8) is 0 Å². The molecule has 1 aromatic carbocycles. The lowest BCUT2D eigenvalue weighted by molar-refractivity contribution is -0.138. The molecule has 1 amide bonds. The van der Waals surface area contributed by atoms with Gasteiger partial charge < -0.3 is 10.4 Å². The average molecular weight is 402 g/mol. The Kier molecular flexibility index (Phi) is 9.43. The van der Waals surface area contributed by atoms with Gasteiger partial charge in [-0.3, -0.25) is 19.4 Å². The van der Waals surface area contributed by atoms with Crippen LogP contribution in [0.25, 0.3) is 0 Å². The Morgan fingerprint density at radius 2 is 2.04 bits per heavy atom. The number of rotatable bonds is 7. The lowest BCUT2D eigenvalue weighted by Gasteiger charge is -2.38. The highest BCUT2D eigenvalue weighted by Crippen LogP contribution is 2.21. The smallest absolute Gasteiger partial charge is 0.317 e. The standard InChI is InChI=1S/C18H27N3O3S.ClH/c1-13(18(24)19-14-5-4-6-16(11-14)25-3)21-9-7-15(8-10-21)20(2)12-17(22)23;/h4-6,11,13,15H,7-10,12H2,1-3H3,(H,19,24)(H,22,23);1H. The van der Waals surface area contributed by atoms with E-state index >= 15 is 0 Å². The molecule has 1 saturated heterocycles. The van der Waals surface area contributed by atoms with Gasteiger partial charge in [-0.15, -0.1) is 24.2 Å². The number of carboxylic acids is 1. The van der Waals surface area contributed by atoms with E-state index in [9.17, 15) is 9.59 Å². The number of hydrogen-bond donors (Lipinski definition) is 2. The van der Waals surface area contributed by atoms with Crippen molar-refractivity contribution in [2.24, 2.45) is 0 Å². The molecule has 1 aromatic rings. The molecular formula is C18H28ClN3O3S. The van der Waals surface area contributed by atoms with Crippen LogP contribution >= 0.6 is 24.2 Å². The molecule has 1 unspecified atom stereocenters. The minimum atomic E-state index is -0.801. The Hall–Kier alpha value is -1.28. The van der Waals surface area contributed by atoms with Gasteiger partial charge in [0.25, 0.3) is 0 Å². The summed E-state index contributed by atoms with van der Waals surface area (Å²) in [7, 11) is 1.85. The minimum absolute atomic E-state index is 0. The van der Waals surface area contributed by atoms with Crippen LogP contribution in [-0.4, -0.2) is 71.8 Å². The minimum Gasteiger partial charge on any atom is -0.480 e. The second-order valence-electron chi connectivity index (χ2n) is 6.47. The van der Waals surface area contributed by atoms with Gasteiger partial charge >= 0.3 is 5.97 Å². The summed E-state index contributed by atoms with van der Waals surface area (Å²) in [5, 5.41) is 11.9. The first-order chi connectivity index (χ1) is 11.9. The number of likely N-dealkylation sites (N-methyl/N-ethyl adjacent to an activating group) is 1. The number of carboxylic acid groups (broad SMARTS) is 1. The summed E-state index contributed by atoms with van der Waals surface area (Å²) < 4.78 is 0. The molecule has 2 N–H and O–H groups in total. The van der Waals surface area contributed by atoms with Crippen LogP contribution in [0.4, 0.5) is 5.69 Å². The van der Waals surface area contributed by atoms with E-state index in [-0.39, 0.29) is 36.9 Å². The van der Waals surface area contributed by atoms with Crippen LogP contribution in [0.1, 0.15) is 19.8 Å². The Bertz CT molecular complexity index is 609. The topological polar surface area (TPSA) is 72.9 Å². The van der Waals surface area contributed by atoms with Crippen LogP contribution in [0.3, 0.4) is 0 Å². The number of thioether (sulfide) groups is 1. The second-order valence-corrected chi connectivity index (χ2v) is 7.35. The lowest BCUT2D eigenvalue weighted by atomic mass is 10.0.